The van der Waals surface area contributed by atoms with Crippen molar-refractivity contribution in [3.63, 3.8) is 0 Å². The van der Waals surface area contributed by atoms with Crippen LogP contribution in [-0.4, -0.2) is 11.8 Å². The first-order chi connectivity index (χ1) is 6.68. The summed E-state index contributed by atoms with van der Waals surface area (Å²) in [6, 6.07) is 1.72. The Labute approximate surface area is 90.8 Å². The highest BCUT2D eigenvalue weighted by molar-refractivity contribution is 9.10. The van der Waals surface area contributed by atoms with E-state index in [0.29, 0.717) is 22.6 Å². The highest BCUT2D eigenvalue weighted by atomic mass is 79.9. The Bertz CT molecular complexity index is 344. The molecule has 1 aliphatic rings. The minimum absolute atomic E-state index is 0.000463. The largest absolute Gasteiger partial charge is 0.460 e. The molecule has 1 aromatic heterocycles. The van der Waals surface area contributed by atoms with Gasteiger partial charge in [0.05, 0.1) is 10.7 Å². The molecule has 0 aliphatic heterocycles. The van der Waals surface area contributed by atoms with Gasteiger partial charge in [0.1, 0.15) is 0 Å². The molecule has 0 amide bonds. The maximum Gasteiger partial charge on any atom is 0.200 e. The fourth-order valence-electron chi connectivity index (χ4n) is 1.49. The summed E-state index contributed by atoms with van der Waals surface area (Å²) in [5.74, 6) is 0.926. The van der Waals surface area contributed by atoms with Crippen molar-refractivity contribution < 1.29 is 9.21 Å². The van der Waals surface area contributed by atoms with Crippen molar-refractivity contribution in [2.75, 3.05) is 0 Å². The third kappa shape index (κ3) is 2.07. The lowest BCUT2D eigenvalue weighted by Gasteiger charge is -2.07. The number of hydrogen-bond donors (Lipinski definition) is 1. The van der Waals surface area contributed by atoms with Gasteiger partial charge >= 0.3 is 0 Å². The Hall–Kier alpha value is -0.610. The zero-order valence-corrected chi connectivity index (χ0v) is 9.29. The fraction of sp³-hybridized carbons (Fsp3) is 0.500. The third-order valence-electron chi connectivity index (χ3n) is 2.52. The van der Waals surface area contributed by atoms with Gasteiger partial charge in [-0.2, -0.15) is 0 Å². The number of nitrogens with two attached hydrogens (primary N) is 1. The van der Waals surface area contributed by atoms with Crippen molar-refractivity contribution in [2.24, 2.45) is 11.7 Å². The standard InChI is InChI=1S/C10H12BrNO2/c11-7-3-4-14-10(7)9(13)5-8(12)6-1-2-6/h3-4,6,8H,1-2,5,12H2. The molecule has 0 bridgehead atoms. The summed E-state index contributed by atoms with van der Waals surface area (Å²) >= 11 is 3.25. The van der Waals surface area contributed by atoms with E-state index in [-0.39, 0.29) is 11.8 Å². The zero-order chi connectivity index (χ0) is 10.1. The van der Waals surface area contributed by atoms with E-state index in [9.17, 15) is 4.79 Å². The Morgan fingerprint density at radius 2 is 2.43 bits per heavy atom. The lowest BCUT2D eigenvalue weighted by atomic mass is 10.1. The van der Waals surface area contributed by atoms with Crippen LogP contribution in [0.5, 0.6) is 0 Å². The van der Waals surface area contributed by atoms with Crippen LogP contribution in [0.2, 0.25) is 0 Å². The van der Waals surface area contributed by atoms with E-state index in [0.717, 1.165) is 12.8 Å². The average Bonchev–Trinajstić information content (AvgIpc) is 2.89. The smallest absolute Gasteiger partial charge is 0.200 e. The number of halogens is 1. The van der Waals surface area contributed by atoms with Crippen LogP contribution in [0, 0.1) is 5.92 Å². The van der Waals surface area contributed by atoms with Crippen LogP contribution in [-0.2, 0) is 0 Å². The molecule has 1 heterocycles. The fourth-order valence-corrected chi connectivity index (χ4v) is 1.91. The van der Waals surface area contributed by atoms with E-state index in [1.54, 1.807) is 6.07 Å². The van der Waals surface area contributed by atoms with E-state index in [2.05, 4.69) is 15.9 Å². The number of furan rings is 1. The summed E-state index contributed by atoms with van der Waals surface area (Å²) in [7, 11) is 0. The molecule has 0 radical (unpaired) electrons. The number of carbonyl (C=O) groups excluding carboxylic acids is 1. The minimum atomic E-state index is -0.0127. The number of carbonyl (C=O) groups is 1. The average molecular weight is 258 g/mol. The van der Waals surface area contributed by atoms with Crippen LogP contribution >= 0.6 is 15.9 Å². The Balaban J connectivity index is 1.98. The van der Waals surface area contributed by atoms with E-state index in [4.69, 9.17) is 10.2 Å². The van der Waals surface area contributed by atoms with Gasteiger partial charge in [-0.25, -0.2) is 0 Å². The molecule has 14 heavy (non-hydrogen) atoms. The molecule has 1 fully saturated rings. The lowest BCUT2D eigenvalue weighted by Crippen LogP contribution is -2.25. The van der Waals surface area contributed by atoms with Crippen molar-refractivity contribution >= 4 is 21.7 Å². The van der Waals surface area contributed by atoms with Gasteiger partial charge in [0, 0.05) is 12.5 Å². The summed E-state index contributed by atoms with van der Waals surface area (Å²) < 4.78 is 5.79. The number of hydrogen-bond acceptors (Lipinski definition) is 3. The van der Waals surface area contributed by atoms with Crippen molar-refractivity contribution in [2.45, 2.75) is 25.3 Å². The summed E-state index contributed by atoms with van der Waals surface area (Å²) in [5, 5.41) is 0. The summed E-state index contributed by atoms with van der Waals surface area (Å²) in [6.07, 6.45) is 4.21. The van der Waals surface area contributed by atoms with Crippen molar-refractivity contribution in [1.82, 2.24) is 0 Å². The Kier molecular flexibility index (Phi) is 2.74. The first kappa shape index (κ1) is 9.93. The molecule has 1 aliphatic carbocycles. The Morgan fingerprint density at radius 1 is 1.71 bits per heavy atom. The highest BCUT2D eigenvalue weighted by Crippen LogP contribution is 2.33. The molecular formula is C10H12BrNO2. The second-order valence-electron chi connectivity index (χ2n) is 3.73. The molecule has 1 unspecified atom stereocenters. The number of Topliss-reactive ketones (excluding diaryl/α,β-unsaturated/α-hetero) is 1. The molecule has 0 spiro atoms. The molecule has 2 rings (SSSR count). The summed E-state index contributed by atoms with van der Waals surface area (Å²) in [4.78, 5) is 11.7. The molecule has 4 heteroatoms. The van der Waals surface area contributed by atoms with Crippen LogP contribution in [0.4, 0.5) is 0 Å². The van der Waals surface area contributed by atoms with Gasteiger partial charge < -0.3 is 10.2 Å². The molecule has 2 N–H and O–H groups in total. The van der Waals surface area contributed by atoms with Crippen LogP contribution in [0.1, 0.15) is 29.8 Å². The molecule has 1 saturated carbocycles. The van der Waals surface area contributed by atoms with Crippen molar-refractivity contribution in [3.05, 3.63) is 22.6 Å². The molecule has 76 valence electrons. The lowest BCUT2D eigenvalue weighted by molar-refractivity contribution is 0.0943. The van der Waals surface area contributed by atoms with Crippen molar-refractivity contribution in [1.29, 1.82) is 0 Å². The summed E-state index contributed by atoms with van der Waals surface area (Å²) in [6.45, 7) is 0. The van der Waals surface area contributed by atoms with Crippen LogP contribution < -0.4 is 5.73 Å². The summed E-state index contributed by atoms with van der Waals surface area (Å²) in [5.41, 5.74) is 5.86. The van der Waals surface area contributed by atoms with E-state index in [1.807, 2.05) is 0 Å². The second kappa shape index (κ2) is 3.87. The second-order valence-corrected chi connectivity index (χ2v) is 4.58. The molecule has 3 nitrogen and oxygen atoms in total. The quantitative estimate of drug-likeness (QED) is 0.843. The van der Waals surface area contributed by atoms with Gasteiger partial charge in [0.15, 0.2) is 5.76 Å². The van der Waals surface area contributed by atoms with Gasteiger partial charge in [0.2, 0.25) is 5.78 Å². The maximum atomic E-state index is 11.7. The predicted octanol–water partition coefficient (Wildman–Crippen LogP) is 2.35. The first-order valence-corrected chi connectivity index (χ1v) is 5.49. The number of rotatable bonds is 4. The topological polar surface area (TPSA) is 56.2 Å². The van der Waals surface area contributed by atoms with Crippen LogP contribution in [0.15, 0.2) is 21.2 Å². The van der Waals surface area contributed by atoms with Gasteiger partial charge in [0.25, 0.3) is 0 Å². The third-order valence-corrected chi connectivity index (χ3v) is 3.14. The van der Waals surface area contributed by atoms with Crippen LogP contribution in [0.25, 0.3) is 0 Å². The van der Waals surface area contributed by atoms with E-state index >= 15 is 0 Å². The SMILES string of the molecule is NC(CC(=O)c1occc1Br)C1CC1. The number of ketones is 1. The zero-order valence-electron chi connectivity index (χ0n) is 7.70. The molecule has 0 saturated heterocycles. The van der Waals surface area contributed by atoms with E-state index in [1.165, 1.54) is 6.26 Å². The molecule has 1 aromatic rings. The van der Waals surface area contributed by atoms with Crippen molar-refractivity contribution in [3.8, 4) is 0 Å². The highest BCUT2D eigenvalue weighted by Gasteiger charge is 2.30. The normalized spacial score (nSPS) is 18.1. The van der Waals surface area contributed by atoms with Gasteiger partial charge in [-0.1, -0.05) is 0 Å². The van der Waals surface area contributed by atoms with E-state index < -0.39 is 0 Å². The van der Waals surface area contributed by atoms with Crippen LogP contribution in [0.3, 0.4) is 0 Å². The monoisotopic (exact) mass is 257 g/mol. The predicted molar refractivity (Wildman–Crippen MR) is 56.1 cm³/mol. The minimum Gasteiger partial charge on any atom is -0.460 e. The maximum absolute atomic E-state index is 11.7. The Morgan fingerprint density at radius 3 is 2.93 bits per heavy atom. The van der Waals surface area contributed by atoms with Gasteiger partial charge in [-0.15, -0.1) is 0 Å². The molecule has 0 aromatic carbocycles. The van der Waals surface area contributed by atoms with Gasteiger partial charge in [-0.05, 0) is 40.8 Å². The van der Waals surface area contributed by atoms with Gasteiger partial charge in [-0.3, -0.25) is 4.79 Å². The first-order valence-electron chi connectivity index (χ1n) is 4.70. The molecular weight excluding hydrogens is 246 g/mol. The molecule has 1 atom stereocenters.